The molecule has 3 aromatic carbocycles. The topological polar surface area (TPSA) is 86.8 Å². The van der Waals surface area contributed by atoms with Crippen molar-refractivity contribution in [2.75, 3.05) is 10.8 Å². The normalized spacial score (nSPS) is 13.2. The molecule has 0 fully saturated rings. The molecule has 11 heteroatoms. The number of amides is 2. The van der Waals surface area contributed by atoms with Gasteiger partial charge in [0.1, 0.15) is 12.6 Å². The van der Waals surface area contributed by atoms with E-state index < -0.39 is 46.2 Å². The second-order valence-corrected chi connectivity index (χ2v) is 11.5. The van der Waals surface area contributed by atoms with Gasteiger partial charge in [-0.25, -0.2) is 8.42 Å². The lowest BCUT2D eigenvalue weighted by atomic mass is 10.1. The molecule has 0 radical (unpaired) electrons. The van der Waals surface area contributed by atoms with E-state index in [1.165, 1.54) is 35.2 Å². The standard InChI is InChI=1S/C30H34F3N3O4S/c1-4-22(3)34-29(38)27(5-2)35(20-23-13-8-6-9-14-23)28(37)21-36(41(39,40)26-17-10-7-11-18-26)25-16-12-15-24(19-25)30(31,32)33/h6-19,22,27H,4-5,20-21H2,1-3H3,(H,34,38)/t22-,27+/m0/s1. The van der Waals surface area contributed by atoms with E-state index >= 15 is 0 Å². The number of hydrogen-bond donors (Lipinski definition) is 1. The SMILES string of the molecule is CC[C@H](C(=O)N[C@@H](C)CC)N(Cc1ccccc1)C(=O)CN(c1cccc(C(F)(F)F)c1)S(=O)(=O)c1ccccc1. The highest BCUT2D eigenvalue weighted by atomic mass is 32.2. The third-order valence-corrected chi connectivity index (χ3v) is 8.44. The number of hydrogen-bond acceptors (Lipinski definition) is 4. The van der Waals surface area contributed by atoms with E-state index in [1.54, 1.807) is 43.3 Å². The monoisotopic (exact) mass is 589 g/mol. The van der Waals surface area contributed by atoms with E-state index in [9.17, 15) is 31.2 Å². The maximum absolute atomic E-state index is 14.0. The Morgan fingerprint density at radius 1 is 0.878 bits per heavy atom. The van der Waals surface area contributed by atoms with Gasteiger partial charge < -0.3 is 10.2 Å². The molecule has 1 N–H and O–H groups in total. The summed E-state index contributed by atoms with van der Waals surface area (Å²) in [6, 6.07) is 18.7. The van der Waals surface area contributed by atoms with E-state index in [4.69, 9.17) is 0 Å². The molecule has 0 aliphatic heterocycles. The highest BCUT2D eigenvalue weighted by molar-refractivity contribution is 7.92. The van der Waals surface area contributed by atoms with Gasteiger partial charge >= 0.3 is 6.18 Å². The van der Waals surface area contributed by atoms with Gasteiger partial charge in [0, 0.05) is 12.6 Å². The Morgan fingerprint density at radius 3 is 2.05 bits per heavy atom. The van der Waals surface area contributed by atoms with E-state index in [0.29, 0.717) is 22.4 Å². The van der Waals surface area contributed by atoms with Crippen molar-refractivity contribution >= 4 is 27.5 Å². The predicted octanol–water partition coefficient (Wildman–Crippen LogP) is 5.62. The summed E-state index contributed by atoms with van der Waals surface area (Å²) in [5, 5.41) is 2.88. The molecule has 0 aliphatic rings. The Bertz CT molecular complexity index is 1420. The van der Waals surface area contributed by atoms with Crippen molar-refractivity contribution in [1.82, 2.24) is 10.2 Å². The lowest BCUT2D eigenvalue weighted by Crippen LogP contribution is -2.53. The van der Waals surface area contributed by atoms with Crippen molar-refractivity contribution in [2.24, 2.45) is 0 Å². The third kappa shape index (κ3) is 8.09. The Hall–Kier alpha value is -3.86. The van der Waals surface area contributed by atoms with Gasteiger partial charge in [-0.1, -0.05) is 68.4 Å². The highest BCUT2D eigenvalue weighted by Crippen LogP contribution is 2.33. The summed E-state index contributed by atoms with van der Waals surface area (Å²) >= 11 is 0. The second kappa shape index (κ2) is 13.7. The van der Waals surface area contributed by atoms with Crippen molar-refractivity contribution in [2.45, 2.75) is 63.3 Å². The van der Waals surface area contributed by atoms with Gasteiger partial charge in [0.2, 0.25) is 11.8 Å². The first-order valence-corrected chi connectivity index (χ1v) is 14.7. The van der Waals surface area contributed by atoms with E-state index in [1.807, 2.05) is 13.8 Å². The molecule has 0 aromatic heterocycles. The summed E-state index contributed by atoms with van der Waals surface area (Å²) in [5.74, 6) is -1.14. The molecular formula is C30H34F3N3O4S. The number of carbonyl (C=O) groups is 2. The highest BCUT2D eigenvalue weighted by Gasteiger charge is 2.36. The van der Waals surface area contributed by atoms with E-state index in [0.717, 1.165) is 12.1 Å². The van der Waals surface area contributed by atoms with Crippen molar-refractivity contribution < 1.29 is 31.2 Å². The Kier molecular flexibility index (Phi) is 10.6. The van der Waals surface area contributed by atoms with Crippen molar-refractivity contribution in [3.05, 3.63) is 96.1 Å². The van der Waals surface area contributed by atoms with Crippen LogP contribution in [0, 0.1) is 0 Å². The van der Waals surface area contributed by atoms with Gasteiger partial charge in [-0.05, 0) is 55.7 Å². The molecule has 0 aliphatic carbocycles. The summed E-state index contributed by atoms with van der Waals surface area (Å²) in [6.07, 6.45) is -3.84. The molecule has 0 bridgehead atoms. The maximum atomic E-state index is 14.0. The molecule has 220 valence electrons. The summed E-state index contributed by atoms with van der Waals surface area (Å²) in [6.45, 7) is 4.64. The maximum Gasteiger partial charge on any atom is 0.416 e. The van der Waals surface area contributed by atoms with Crippen LogP contribution in [0.4, 0.5) is 18.9 Å². The molecule has 2 amide bonds. The molecule has 0 heterocycles. The van der Waals surface area contributed by atoms with Crippen molar-refractivity contribution in [3.8, 4) is 0 Å². The fraction of sp³-hybridized carbons (Fsp3) is 0.333. The molecule has 3 aromatic rings. The van der Waals surface area contributed by atoms with Crippen LogP contribution in [0.5, 0.6) is 0 Å². The Balaban J connectivity index is 2.09. The lowest BCUT2D eigenvalue weighted by molar-refractivity contribution is -0.140. The van der Waals surface area contributed by atoms with Gasteiger partial charge in [-0.3, -0.25) is 13.9 Å². The van der Waals surface area contributed by atoms with Gasteiger partial charge in [0.15, 0.2) is 0 Å². The quantitative estimate of drug-likeness (QED) is 0.297. The summed E-state index contributed by atoms with van der Waals surface area (Å²) in [4.78, 5) is 28.3. The fourth-order valence-electron chi connectivity index (χ4n) is 4.23. The minimum atomic E-state index is -4.73. The fourth-order valence-corrected chi connectivity index (χ4v) is 5.65. The first kappa shape index (κ1) is 31.7. The molecule has 0 unspecified atom stereocenters. The molecule has 2 atom stereocenters. The minimum absolute atomic E-state index is 0.00603. The van der Waals surface area contributed by atoms with Crippen LogP contribution in [0.2, 0.25) is 0 Å². The average molecular weight is 590 g/mol. The predicted molar refractivity (Wildman–Crippen MR) is 151 cm³/mol. The molecular weight excluding hydrogens is 555 g/mol. The van der Waals surface area contributed by atoms with Crippen LogP contribution in [0.25, 0.3) is 0 Å². The molecule has 0 saturated heterocycles. The van der Waals surface area contributed by atoms with Crippen LogP contribution in [0.1, 0.15) is 44.7 Å². The molecule has 0 saturated carbocycles. The zero-order valence-electron chi connectivity index (χ0n) is 23.1. The zero-order chi connectivity index (χ0) is 30.2. The number of nitrogens with one attached hydrogen (secondary N) is 1. The van der Waals surface area contributed by atoms with Crippen LogP contribution < -0.4 is 9.62 Å². The van der Waals surface area contributed by atoms with Gasteiger partial charge in [-0.15, -0.1) is 0 Å². The number of sulfonamides is 1. The number of benzene rings is 3. The lowest BCUT2D eigenvalue weighted by Gasteiger charge is -2.33. The Labute approximate surface area is 239 Å². The molecule has 7 nitrogen and oxygen atoms in total. The first-order chi connectivity index (χ1) is 19.4. The van der Waals surface area contributed by atoms with Gasteiger partial charge in [-0.2, -0.15) is 13.2 Å². The largest absolute Gasteiger partial charge is 0.416 e. The third-order valence-electron chi connectivity index (χ3n) is 6.65. The molecule has 3 rings (SSSR count). The van der Waals surface area contributed by atoms with Crippen LogP contribution in [0.15, 0.2) is 89.8 Å². The van der Waals surface area contributed by atoms with Crippen molar-refractivity contribution in [1.29, 1.82) is 0 Å². The van der Waals surface area contributed by atoms with Crippen LogP contribution in [-0.4, -0.2) is 43.8 Å². The van der Waals surface area contributed by atoms with E-state index in [-0.39, 0.29) is 29.6 Å². The summed E-state index contributed by atoms with van der Waals surface area (Å²) < 4.78 is 68.9. The van der Waals surface area contributed by atoms with E-state index in [2.05, 4.69) is 5.32 Å². The van der Waals surface area contributed by atoms with Crippen LogP contribution in [0.3, 0.4) is 0 Å². The summed E-state index contributed by atoms with van der Waals surface area (Å²) in [5.41, 5.74) is -0.683. The molecule has 0 spiro atoms. The van der Waals surface area contributed by atoms with Gasteiger partial charge in [0.25, 0.3) is 10.0 Å². The number of halogens is 3. The smallest absolute Gasteiger partial charge is 0.352 e. The number of nitrogens with zero attached hydrogens (tertiary/aromatic N) is 2. The average Bonchev–Trinajstić information content (AvgIpc) is 2.96. The van der Waals surface area contributed by atoms with Crippen LogP contribution in [-0.2, 0) is 32.3 Å². The first-order valence-electron chi connectivity index (χ1n) is 13.3. The number of anilines is 1. The summed E-state index contributed by atoms with van der Waals surface area (Å²) in [7, 11) is -4.48. The number of carbonyl (C=O) groups excluding carboxylic acids is 2. The van der Waals surface area contributed by atoms with Gasteiger partial charge in [0.05, 0.1) is 16.1 Å². The second-order valence-electron chi connectivity index (χ2n) is 9.62. The van der Waals surface area contributed by atoms with Crippen molar-refractivity contribution in [3.63, 3.8) is 0 Å². The zero-order valence-corrected chi connectivity index (χ0v) is 24.0. The minimum Gasteiger partial charge on any atom is -0.352 e. The number of alkyl halides is 3. The number of rotatable bonds is 12. The van der Waals surface area contributed by atoms with Crippen LogP contribution >= 0.6 is 0 Å². The Morgan fingerprint density at radius 2 is 1.49 bits per heavy atom. The molecule has 41 heavy (non-hydrogen) atoms.